The Kier molecular flexibility index (Phi) is 6.32. The van der Waals surface area contributed by atoms with Crippen LogP contribution in [-0.4, -0.2) is 21.8 Å². The second-order valence-corrected chi connectivity index (χ2v) is 8.92. The van der Waals surface area contributed by atoms with E-state index in [1.54, 1.807) is 35.8 Å². The number of hydrogen-bond donors (Lipinski definition) is 2. The van der Waals surface area contributed by atoms with Gasteiger partial charge in [-0.15, -0.1) is 22.7 Å². The predicted molar refractivity (Wildman–Crippen MR) is 124 cm³/mol. The van der Waals surface area contributed by atoms with Gasteiger partial charge in [0.25, 0.3) is 5.91 Å². The molecule has 2 amide bonds. The van der Waals surface area contributed by atoms with Gasteiger partial charge in [0.1, 0.15) is 5.01 Å². The first kappa shape index (κ1) is 20.4. The van der Waals surface area contributed by atoms with Crippen LogP contribution in [0.25, 0.3) is 10.6 Å². The fourth-order valence-electron chi connectivity index (χ4n) is 2.67. The summed E-state index contributed by atoms with van der Waals surface area (Å²) >= 11 is 6.31. The Labute approximate surface area is 189 Å². The summed E-state index contributed by atoms with van der Waals surface area (Å²) < 4.78 is 0.985. The van der Waals surface area contributed by atoms with Crippen LogP contribution in [0.1, 0.15) is 16.1 Å². The number of halogens is 1. The van der Waals surface area contributed by atoms with Gasteiger partial charge < -0.3 is 5.32 Å². The van der Waals surface area contributed by atoms with Gasteiger partial charge in [-0.05, 0) is 36.4 Å². The maximum atomic E-state index is 12.4. The lowest BCUT2D eigenvalue weighted by molar-refractivity contribution is -0.115. The lowest BCUT2D eigenvalue weighted by atomic mass is 10.2. The van der Waals surface area contributed by atoms with Crippen LogP contribution in [0.5, 0.6) is 0 Å². The molecule has 0 fully saturated rings. The standard InChI is InChI=1S/C21H15BrN4O2S2/c22-15-3-1-2-14(10-15)20-25-17(12-30-20)11-18(27)24-16-6-4-13(5-7-16)19(28)26-21-23-8-9-29-21/h1-10,12H,11H2,(H,24,27)(H,23,26,28). The molecule has 4 aromatic rings. The van der Waals surface area contributed by atoms with Crippen molar-refractivity contribution in [3.05, 3.63) is 81.2 Å². The number of carbonyl (C=O) groups excluding carboxylic acids is 2. The minimum atomic E-state index is -0.245. The number of rotatable bonds is 6. The molecule has 0 radical (unpaired) electrons. The zero-order chi connectivity index (χ0) is 20.9. The number of nitrogens with zero attached hydrogens (tertiary/aromatic N) is 2. The van der Waals surface area contributed by atoms with Crippen molar-refractivity contribution in [1.29, 1.82) is 0 Å². The van der Waals surface area contributed by atoms with Gasteiger partial charge in [0.15, 0.2) is 5.13 Å². The molecule has 0 saturated heterocycles. The molecular formula is C21H15BrN4O2S2. The fraction of sp³-hybridized carbons (Fsp3) is 0.0476. The van der Waals surface area contributed by atoms with Gasteiger partial charge in [-0.1, -0.05) is 28.1 Å². The number of anilines is 2. The maximum Gasteiger partial charge on any atom is 0.257 e. The average molecular weight is 499 g/mol. The molecule has 0 aliphatic heterocycles. The number of aromatic nitrogens is 2. The lowest BCUT2D eigenvalue weighted by Crippen LogP contribution is -2.15. The van der Waals surface area contributed by atoms with Gasteiger partial charge in [0, 0.05) is 38.2 Å². The molecule has 0 saturated carbocycles. The van der Waals surface area contributed by atoms with Crippen molar-refractivity contribution in [2.75, 3.05) is 10.6 Å². The first-order valence-electron chi connectivity index (χ1n) is 8.88. The second kappa shape index (κ2) is 9.29. The summed E-state index contributed by atoms with van der Waals surface area (Å²) in [6.45, 7) is 0. The van der Waals surface area contributed by atoms with Gasteiger partial charge in [0.2, 0.25) is 5.91 Å². The van der Waals surface area contributed by atoms with Crippen LogP contribution in [0.2, 0.25) is 0 Å². The van der Waals surface area contributed by atoms with Crippen LogP contribution in [0.15, 0.2) is 70.0 Å². The molecule has 2 aromatic heterocycles. The Bertz CT molecular complexity index is 1170. The highest BCUT2D eigenvalue weighted by molar-refractivity contribution is 9.10. The van der Waals surface area contributed by atoms with Crippen molar-refractivity contribution < 1.29 is 9.59 Å². The molecule has 30 heavy (non-hydrogen) atoms. The first-order chi connectivity index (χ1) is 14.6. The predicted octanol–water partition coefficient (Wildman–Crippen LogP) is 5.46. The third-order valence-electron chi connectivity index (χ3n) is 4.05. The molecule has 9 heteroatoms. The summed E-state index contributed by atoms with van der Waals surface area (Å²) in [6.07, 6.45) is 1.81. The van der Waals surface area contributed by atoms with Crippen molar-refractivity contribution in [2.24, 2.45) is 0 Å². The molecule has 0 aliphatic rings. The van der Waals surface area contributed by atoms with Crippen LogP contribution in [-0.2, 0) is 11.2 Å². The SMILES string of the molecule is O=C(Cc1csc(-c2cccc(Br)c2)n1)Nc1ccc(C(=O)Nc2nccs2)cc1. The normalized spacial score (nSPS) is 10.6. The summed E-state index contributed by atoms with van der Waals surface area (Å²) in [7, 11) is 0. The van der Waals surface area contributed by atoms with Gasteiger partial charge in [-0.25, -0.2) is 9.97 Å². The Morgan fingerprint density at radius 1 is 1.03 bits per heavy atom. The van der Waals surface area contributed by atoms with Crippen molar-refractivity contribution in [2.45, 2.75) is 6.42 Å². The quantitative estimate of drug-likeness (QED) is 0.369. The summed E-state index contributed by atoms with van der Waals surface area (Å²) in [5, 5.41) is 10.7. The van der Waals surface area contributed by atoms with E-state index in [9.17, 15) is 9.59 Å². The molecule has 0 spiro atoms. The number of benzene rings is 2. The van der Waals surface area contributed by atoms with Crippen molar-refractivity contribution in [3.63, 3.8) is 0 Å². The van der Waals surface area contributed by atoms with E-state index >= 15 is 0 Å². The third kappa shape index (κ3) is 5.18. The molecule has 2 N–H and O–H groups in total. The largest absolute Gasteiger partial charge is 0.326 e. The number of hydrogen-bond acceptors (Lipinski definition) is 6. The number of thiazole rings is 2. The van der Waals surface area contributed by atoms with Crippen molar-refractivity contribution >= 4 is 61.2 Å². The van der Waals surface area contributed by atoms with E-state index in [0.717, 1.165) is 15.0 Å². The van der Waals surface area contributed by atoms with E-state index in [-0.39, 0.29) is 18.2 Å². The Morgan fingerprint density at radius 3 is 2.60 bits per heavy atom. The molecule has 2 aromatic carbocycles. The van der Waals surface area contributed by atoms with Crippen LogP contribution in [0, 0.1) is 0 Å². The van der Waals surface area contributed by atoms with Crippen molar-refractivity contribution in [3.8, 4) is 10.6 Å². The highest BCUT2D eigenvalue weighted by atomic mass is 79.9. The van der Waals surface area contributed by atoms with Gasteiger partial charge in [0.05, 0.1) is 12.1 Å². The van der Waals surface area contributed by atoms with Gasteiger partial charge in [-0.2, -0.15) is 0 Å². The molecule has 150 valence electrons. The Balaban J connectivity index is 1.34. The number of nitrogens with one attached hydrogen (secondary N) is 2. The van der Waals surface area contributed by atoms with Crippen LogP contribution >= 0.6 is 38.6 Å². The monoisotopic (exact) mass is 498 g/mol. The van der Waals surface area contributed by atoms with E-state index in [0.29, 0.717) is 22.1 Å². The molecule has 0 atom stereocenters. The fourth-order valence-corrected chi connectivity index (χ4v) is 4.41. The Hall–Kier alpha value is -2.88. The molecule has 2 heterocycles. The molecule has 6 nitrogen and oxygen atoms in total. The van der Waals surface area contributed by atoms with Crippen LogP contribution in [0.3, 0.4) is 0 Å². The van der Waals surface area contributed by atoms with E-state index in [2.05, 4.69) is 36.5 Å². The molecule has 0 bridgehead atoms. The first-order valence-corrected chi connectivity index (χ1v) is 11.4. The summed E-state index contributed by atoms with van der Waals surface area (Å²) in [4.78, 5) is 33.1. The summed E-state index contributed by atoms with van der Waals surface area (Å²) in [5.41, 5.74) is 2.83. The average Bonchev–Trinajstić information content (AvgIpc) is 3.40. The van der Waals surface area contributed by atoms with E-state index in [1.807, 2.05) is 29.6 Å². The van der Waals surface area contributed by atoms with E-state index < -0.39 is 0 Å². The Morgan fingerprint density at radius 2 is 1.87 bits per heavy atom. The molecule has 0 unspecified atom stereocenters. The summed E-state index contributed by atoms with van der Waals surface area (Å²) in [6, 6.07) is 14.6. The molecule has 0 aliphatic carbocycles. The zero-order valence-electron chi connectivity index (χ0n) is 15.5. The highest BCUT2D eigenvalue weighted by Gasteiger charge is 2.11. The van der Waals surface area contributed by atoms with E-state index in [4.69, 9.17) is 0 Å². The van der Waals surface area contributed by atoms with Gasteiger partial charge in [-0.3, -0.25) is 14.9 Å². The number of amides is 2. The topological polar surface area (TPSA) is 84.0 Å². The third-order valence-corrected chi connectivity index (χ3v) is 6.17. The highest BCUT2D eigenvalue weighted by Crippen LogP contribution is 2.26. The minimum absolute atomic E-state index is 0.166. The smallest absolute Gasteiger partial charge is 0.257 e. The van der Waals surface area contributed by atoms with E-state index in [1.165, 1.54) is 22.7 Å². The molecular weight excluding hydrogens is 484 g/mol. The summed E-state index contributed by atoms with van der Waals surface area (Å²) in [5.74, 6) is -0.411. The number of carbonyl (C=O) groups is 2. The molecule has 4 rings (SSSR count). The van der Waals surface area contributed by atoms with Crippen LogP contribution in [0.4, 0.5) is 10.8 Å². The maximum absolute atomic E-state index is 12.4. The zero-order valence-corrected chi connectivity index (χ0v) is 18.7. The van der Waals surface area contributed by atoms with Crippen LogP contribution < -0.4 is 10.6 Å². The van der Waals surface area contributed by atoms with Gasteiger partial charge >= 0.3 is 0 Å². The minimum Gasteiger partial charge on any atom is -0.326 e. The lowest BCUT2D eigenvalue weighted by Gasteiger charge is -2.06. The van der Waals surface area contributed by atoms with Crippen molar-refractivity contribution in [1.82, 2.24) is 9.97 Å². The second-order valence-electron chi connectivity index (χ2n) is 6.25.